The Hall–Kier alpha value is -0.790. The van der Waals surface area contributed by atoms with E-state index in [0.29, 0.717) is 23.0 Å². The highest BCUT2D eigenvalue weighted by Crippen LogP contribution is 2.23. The number of rotatable bonds is 7. The Kier molecular flexibility index (Phi) is 6.49. The van der Waals surface area contributed by atoms with Gasteiger partial charge in [0.15, 0.2) is 0 Å². The van der Waals surface area contributed by atoms with E-state index in [1.165, 1.54) is 12.1 Å². The number of hydrogen-bond acceptors (Lipinski definition) is 2. The Bertz CT molecular complexity index is 544. The van der Waals surface area contributed by atoms with Gasteiger partial charge in [0.05, 0.1) is 4.90 Å². The average molecular weight is 344 g/mol. The van der Waals surface area contributed by atoms with Crippen molar-refractivity contribution in [1.29, 1.82) is 0 Å². The van der Waals surface area contributed by atoms with Crippen LogP contribution in [0.4, 0.5) is 13.2 Å². The van der Waals surface area contributed by atoms with E-state index in [4.69, 9.17) is 11.6 Å². The predicted octanol–water partition coefficient (Wildman–Crippen LogP) is 3.43. The number of hydrogen-bond donors (Lipinski definition) is 0. The van der Waals surface area contributed by atoms with Crippen molar-refractivity contribution in [3.05, 3.63) is 29.8 Å². The number of benzene rings is 1. The number of sulfonamides is 1. The lowest BCUT2D eigenvalue weighted by Gasteiger charge is -2.23. The molecule has 0 atom stereocenters. The second-order valence-electron chi connectivity index (χ2n) is 4.54. The Labute approximate surface area is 127 Å². The van der Waals surface area contributed by atoms with Gasteiger partial charge in [-0.05, 0) is 30.5 Å². The zero-order valence-electron chi connectivity index (χ0n) is 11.5. The van der Waals surface area contributed by atoms with Crippen LogP contribution in [0.1, 0.15) is 18.9 Å². The molecule has 0 bridgehead atoms. The number of alkyl halides is 4. The maximum absolute atomic E-state index is 12.5. The molecule has 0 aliphatic rings. The summed E-state index contributed by atoms with van der Waals surface area (Å²) in [6.07, 6.45) is -3.69. The van der Waals surface area contributed by atoms with E-state index < -0.39 is 22.7 Å². The number of halogens is 4. The smallest absolute Gasteiger partial charge is 0.207 e. The van der Waals surface area contributed by atoms with Gasteiger partial charge in [-0.15, -0.1) is 11.6 Å². The second kappa shape index (κ2) is 7.47. The van der Waals surface area contributed by atoms with Crippen molar-refractivity contribution in [2.24, 2.45) is 0 Å². The molecular formula is C13H17ClF3NO2S. The van der Waals surface area contributed by atoms with E-state index in [2.05, 4.69) is 0 Å². The molecule has 0 radical (unpaired) electrons. The highest BCUT2D eigenvalue weighted by molar-refractivity contribution is 7.89. The summed E-state index contributed by atoms with van der Waals surface area (Å²) in [7, 11) is -4.15. The molecule has 0 aromatic heterocycles. The van der Waals surface area contributed by atoms with E-state index >= 15 is 0 Å². The van der Waals surface area contributed by atoms with E-state index in [1.54, 1.807) is 19.1 Å². The van der Waals surface area contributed by atoms with E-state index in [9.17, 15) is 21.6 Å². The summed E-state index contributed by atoms with van der Waals surface area (Å²) in [6, 6.07) is 5.76. The van der Waals surface area contributed by atoms with Crippen molar-refractivity contribution in [1.82, 2.24) is 4.31 Å². The SMILES string of the molecule is CCCN(CC(F)(F)F)S(=O)(=O)c1ccc(CCCl)cc1. The van der Waals surface area contributed by atoms with Crippen LogP contribution in [0.15, 0.2) is 29.2 Å². The molecule has 0 N–H and O–H groups in total. The lowest BCUT2D eigenvalue weighted by atomic mass is 10.2. The normalized spacial score (nSPS) is 12.9. The summed E-state index contributed by atoms with van der Waals surface area (Å²) in [5, 5.41) is 0. The molecule has 0 heterocycles. The fraction of sp³-hybridized carbons (Fsp3) is 0.538. The first-order chi connectivity index (χ1) is 9.70. The van der Waals surface area contributed by atoms with Gasteiger partial charge in [-0.1, -0.05) is 19.1 Å². The van der Waals surface area contributed by atoms with Crippen LogP contribution in [0.2, 0.25) is 0 Å². The van der Waals surface area contributed by atoms with Gasteiger partial charge in [0.2, 0.25) is 10.0 Å². The summed E-state index contributed by atoms with van der Waals surface area (Å²) in [6.45, 7) is -0.0274. The molecule has 3 nitrogen and oxygen atoms in total. The highest BCUT2D eigenvalue weighted by Gasteiger charge is 2.36. The van der Waals surface area contributed by atoms with E-state index in [0.717, 1.165) is 5.56 Å². The Morgan fingerprint density at radius 3 is 2.19 bits per heavy atom. The number of nitrogens with zero attached hydrogens (tertiary/aromatic N) is 1. The standard InChI is InChI=1S/C13H17ClF3NO2S/c1-2-9-18(10-13(15,16)17)21(19,20)12-5-3-11(4-6-12)7-8-14/h3-6H,2,7-10H2,1H3. The molecule has 1 aromatic rings. The van der Waals surface area contributed by atoms with Crippen molar-refractivity contribution in [3.8, 4) is 0 Å². The van der Waals surface area contributed by atoms with Gasteiger partial charge >= 0.3 is 6.18 Å². The monoisotopic (exact) mass is 343 g/mol. The molecule has 1 rings (SSSR count). The molecule has 0 amide bonds. The second-order valence-corrected chi connectivity index (χ2v) is 6.85. The van der Waals surface area contributed by atoms with Crippen molar-refractivity contribution >= 4 is 21.6 Å². The summed E-state index contributed by atoms with van der Waals surface area (Å²) >= 11 is 5.58. The van der Waals surface area contributed by atoms with Crippen molar-refractivity contribution in [2.75, 3.05) is 19.0 Å². The molecule has 0 aliphatic heterocycles. The molecule has 21 heavy (non-hydrogen) atoms. The number of aryl methyl sites for hydroxylation is 1. The van der Waals surface area contributed by atoms with Crippen LogP contribution in [0.5, 0.6) is 0 Å². The average Bonchev–Trinajstić information content (AvgIpc) is 2.38. The van der Waals surface area contributed by atoms with E-state index in [-0.39, 0.29) is 11.4 Å². The minimum atomic E-state index is -4.57. The lowest BCUT2D eigenvalue weighted by Crippen LogP contribution is -2.39. The van der Waals surface area contributed by atoms with Crippen molar-refractivity contribution < 1.29 is 21.6 Å². The first-order valence-corrected chi connectivity index (χ1v) is 8.40. The van der Waals surface area contributed by atoms with Crippen molar-refractivity contribution in [3.63, 3.8) is 0 Å². The molecule has 0 spiro atoms. The van der Waals surface area contributed by atoms with Crippen LogP contribution < -0.4 is 0 Å². The van der Waals surface area contributed by atoms with Crippen LogP contribution in [-0.2, 0) is 16.4 Å². The third-order valence-corrected chi connectivity index (χ3v) is 4.82. The van der Waals surface area contributed by atoms with Gasteiger partial charge in [-0.2, -0.15) is 17.5 Å². The van der Waals surface area contributed by atoms with E-state index in [1.807, 2.05) is 0 Å². The zero-order valence-corrected chi connectivity index (χ0v) is 13.1. The van der Waals surface area contributed by atoms with Gasteiger partial charge in [0.25, 0.3) is 0 Å². The minimum absolute atomic E-state index is 0.140. The molecule has 0 saturated carbocycles. The topological polar surface area (TPSA) is 37.4 Å². The van der Waals surface area contributed by atoms with Crippen molar-refractivity contribution in [2.45, 2.75) is 30.8 Å². The third kappa shape index (κ3) is 5.48. The molecule has 0 aliphatic carbocycles. The van der Waals surface area contributed by atoms with Gasteiger partial charge in [0.1, 0.15) is 6.54 Å². The summed E-state index contributed by atoms with van der Waals surface area (Å²) in [5.41, 5.74) is 0.835. The quantitative estimate of drug-likeness (QED) is 0.711. The molecule has 120 valence electrons. The first kappa shape index (κ1) is 18.3. The maximum Gasteiger partial charge on any atom is 0.402 e. The fourth-order valence-electron chi connectivity index (χ4n) is 1.82. The van der Waals surface area contributed by atoms with Gasteiger partial charge in [-0.3, -0.25) is 0 Å². The molecular weight excluding hydrogens is 327 g/mol. The fourth-order valence-corrected chi connectivity index (χ4v) is 3.56. The molecule has 8 heteroatoms. The van der Waals surface area contributed by atoms with Crippen LogP contribution >= 0.6 is 11.6 Å². The summed E-state index contributed by atoms with van der Waals surface area (Å²) in [4.78, 5) is -0.140. The molecule has 0 saturated heterocycles. The summed E-state index contributed by atoms with van der Waals surface area (Å²) < 4.78 is 62.6. The molecule has 0 fully saturated rings. The predicted molar refractivity (Wildman–Crippen MR) is 76.0 cm³/mol. The van der Waals surface area contributed by atoms with Gasteiger partial charge in [-0.25, -0.2) is 8.42 Å². The highest BCUT2D eigenvalue weighted by atomic mass is 35.5. The first-order valence-electron chi connectivity index (χ1n) is 6.42. The minimum Gasteiger partial charge on any atom is -0.207 e. The Morgan fingerprint density at radius 1 is 1.19 bits per heavy atom. The Morgan fingerprint density at radius 2 is 1.76 bits per heavy atom. The van der Waals surface area contributed by atoms with Gasteiger partial charge in [0, 0.05) is 12.4 Å². The third-order valence-electron chi connectivity index (χ3n) is 2.77. The maximum atomic E-state index is 12.5. The zero-order chi connectivity index (χ0) is 16.1. The van der Waals surface area contributed by atoms with Crippen LogP contribution in [0.25, 0.3) is 0 Å². The van der Waals surface area contributed by atoms with Crippen LogP contribution in [-0.4, -0.2) is 37.9 Å². The van der Waals surface area contributed by atoms with Gasteiger partial charge < -0.3 is 0 Å². The molecule has 0 unspecified atom stereocenters. The largest absolute Gasteiger partial charge is 0.402 e. The summed E-state index contributed by atoms with van der Waals surface area (Å²) in [5.74, 6) is 0.391. The van der Waals surface area contributed by atoms with Crippen LogP contribution in [0.3, 0.4) is 0 Å². The van der Waals surface area contributed by atoms with Crippen LogP contribution in [0, 0.1) is 0 Å². The lowest BCUT2D eigenvalue weighted by molar-refractivity contribution is -0.136. The Balaban J connectivity index is 3.04. The molecule has 1 aromatic carbocycles.